The van der Waals surface area contributed by atoms with Gasteiger partial charge in [0.15, 0.2) is 0 Å². The second-order valence-corrected chi connectivity index (χ2v) is 5.75. The number of aromatic nitrogens is 1. The lowest BCUT2D eigenvalue weighted by molar-refractivity contribution is -0.126. The Hall–Kier alpha value is -2.21. The Morgan fingerprint density at radius 3 is 2.82 bits per heavy atom. The van der Waals surface area contributed by atoms with Gasteiger partial charge in [-0.2, -0.15) is 0 Å². The van der Waals surface area contributed by atoms with Gasteiger partial charge in [-0.3, -0.25) is 14.8 Å². The molecule has 22 heavy (non-hydrogen) atoms. The Morgan fingerprint density at radius 2 is 2.18 bits per heavy atom. The third-order valence-electron chi connectivity index (χ3n) is 4.08. The van der Waals surface area contributed by atoms with Gasteiger partial charge in [-0.05, 0) is 45.1 Å². The molecule has 1 aromatic heterocycles. The Bertz CT molecular complexity index is 575. The summed E-state index contributed by atoms with van der Waals surface area (Å²) in [5, 5.41) is 6.15. The van der Waals surface area contributed by atoms with Crippen molar-refractivity contribution in [2.24, 2.45) is 10.9 Å². The van der Waals surface area contributed by atoms with E-state index >= 15 is 0 Å². The number of piperidine rings is 1. The topological polar surface area (TPSA) is 69.6 Å². The van der Waals surface area contributed by atoms with Crippen LogP contribution in [0.3, 0.4) is 0 Å². The van der Waals surface area contributed by atoms with E-state index in [0.717, 1.165) is 37.3 Å². The maximum absolute atomic E-state index is 12.3. The molecule has 0 spiro atoms. The fraction of sp³-hybridized carbons (Fsp3) is 0.438. The van der Waals surface area contributed by atoms with Crippen molar-refractivity contribution in [3.05, 3.63) is 36.3 Å². The van der Waals surface area contributed by atoms with Crippen LogP contribution in [0.2, 0.25) is 0 Å². The maximum Gasteiger partial charge on any atom is 0.225 e. The summed E-state index contributed by atoms with van der Waals surface area (Å²) in [7, 11) is 2.09. The molecule has 6 nitrogen and oxygen atoms in total. The quantitative estimate of drug-likeness (QED) is 0.868. The number of carbonyl (C=O) groups excluding carboxylic acids is 1. The van der Waals surface area contributed by atoms with Crippen LogP contribution in [-0.2, 0) is 4.79 Å². The third-order valence-corrected chi connectivity index (χ3v) is 4.08. The summed E-state index contributed by atoms with van der Waals surface area (Å²) in [5.74, 6) is 0.208. The molecule has 6 heteroatoms. The van der Waals surface area contributed by atoms with Gasteiger partial charge in [0.25, 0.3) is 0 Å². The van der Waals surface area contributed by atoms with E-state index in [-0.39, 0.29) is 18.0 Å². The highest BCUT2D eigenvalue weighted by Gasteiger charge is 2.25. The predicted molar refractivity (Wildman–Crippen MR) is 86.0 cm³/mol. The van der Waals surface area contributed by atoms with E-state index in [2.05, 4.69) is 32.6 Å². The number of carbonyl (C=O) groups is 1. The molecule has 1 atom stereocenters. The van der Waals surface area contributed by atoms with Crippen LogP contribution < -0.4 is 10.6 Å². The van der Waals surface area contributed by atoms with Gasteiger partial charge in [0, 0.05) is 24.5 Å². The van der Waals surface area contributed by atoms with E-state index in [0.29, 0.717) is 0 Å². The average Bonchev–Trinajstić information content (AvgIpc) is 2.57. The zero-order valence-corrected chi connectivity index (χ0v) is 12.7. The molecule has 0 bridgehead atoms. The molecule has 2 N–H and O–H groups in total. The predicted octanol–water partition coefficient (Wildman–Crippen LogP) is 0.838. The molecule has 116 valence electrons. The summed E-state index contributed by atoms with van der Waals surface area (Å²) < 4.78 is 0. The standard InChI is InChI=1S/C16H21N5O/c1-21-8-5-12(6-9-21)16(22)20-15-11-18-14(10-19-15)13-4-2-3-7-17-13/h2-4,7,10-12,15,19H,5-6,8-9H2,1H3,(H,20,22). The highest BCUT2D eigenvalue weighted by atomic mass is 16.2. The van der Waals surface area contributed by atoms with Crippen LogP contribution in [-0.4, -0.2) is 48.3 Å². The first-order chi connectivity index (χ1) is 10.7. The lowest BCUT2D eigenvalue weighted by Gasteiger charge is -2.29. The molecule has 1 amide bonds. The first-order valence-electron chi connectivity index (χ1n) is 7.63. The highest BCUT2D eigenvalue weighted by molar-refractivity contribution is 5.85. The summed E-state index contributed by atoms with van der Waals surface area (Å²) in [5.41, 5.74) is 1.58. The SMILES string of the molecule is CN1CCC(C(=O)NC2C=NC(c3ccccn3)=CN2)CC1. The summed E-state index contributed by atoms with van der Waals surface area (Å²) >= 11 is 0. The molecule has 0 saturated carbocycles. The van der Waals surface area contributed by atoms with Gasteiger partial charge >= 0.3 is 0 Å². The molecule has 1 saturated heterocycles. The highest BCUT2D eigenvalue weighted by Crippen LogP contribution is 2.17. The fourth-order valence-corrected chi connectivity index (χ4v) is 2.68. The van der Waals surface area contributed by atoms with Crippen LogP contribution in [0.4, 0.5) is 0 Å². The second kappa shape index (κ2) is 6.70. The van der Waals surface area contributed by atoms with Crippen LogP contribution in [0.5, 0.6) is 0 Å². The third kappa shape index (κ3) is 3.51. The molecule has 1 fully saturated rings. The van der Waals surface area contributed by atoms with Gasteiger partial charge in [0.1, 0.15) is 11.9 Å². The van der Waals surface area contributed by atoms with Crippen molar-refractivity contribution in [1.82, 2.24) is 20.5 Å². The molecule has 2 aliphatic rings. The monoisotopic (exact) mass is 299 g/mol. The number of nitrogens with zero attached hydrogens (tertiary/aromatic N) is 3. The van der Waals surface area contributed by atoms with Crippen molar-refractivity contribution < 1.29 is 4.79 Å². The minimum Gasteiger partial charge on any atom is -0.365 e. The number of amides is 1. The molecule has 2 aliphatic heterocycles. The van der Waals surface area contributed by atoms with Gasteiger partial charge in [-0.15, -0.1) is 0 Å². The van der Waals surface area contributed by atoms with E-state index in [9.17, 15) is 4.79 Å². The van der Waals surface area contributed by atoms with Crippen LogP contribution in [0, 0.1) is 5.92 Å². The van der Waals surface area contributed by atoms with Gasteiger partial charge in [0.2, 0.25) is 5.91 Å². The number of likely N-dealkylation sites (tertiary alicyclic amines) is 1. The lowest BCUT2D eigenvalue weighted by atomic mass is 9.96. The van der Waals surface area contributed by atoms with Crippen LogP contribution in [0.15, 0.2) is 35.6 Å². The van der Waals surface area contributed by atoms with Crippen molar-refractivity contribution in [1.29, 1.82) is 0 Å². The Labute approximate surface area is 130 Å². The van der Waals surface area contributed by atoms with E-state index in [4.69, 9.17) is 0 Å². The van der Waals surface area contributed by atoms with Crippen molar-refractivity contribution >= 4 is 17.8 Å². The fourth-order valence-electron chi connectivity index (χ4n) is 2.68. The van der Waals surface area contributed by atoms with E-state index in [1.165, 1.54) is 0 Å². The van der Waals surface area contributed by atoms with Crippen molar-refractivity contribution in [3.8, 4) is 0 Å². The number of hydrogen-bond donors (Lipinski definition) is 2. The largest absolute Gasteiger partial charge is 0.365 e. The molecule has 1 aromatic rings. The van der Waals surface area contributed by atoms with Crippen LogP contribution >= 0.6 is 0 Å². The number of rotatable bonds is 3. The maximum atomic E-state index is 12.3. The molecule has 0 radical (unpaired) electrons. The van der Waals surface area contributed by atoms with Crippen molar-refractivity contribution in [3.63, 3.8) is 0 Å². The van der Waals surface area contributed by atoms with Crippen molar-refractivity contribution in [2.75, 3.05) is 20.1 Å². The number of hydrogen-bond acceptors (Lipinski definition) is 5. The Kier molecular flexibility index (Phi) is 4.48. The van der Waals surface area contributed by atoms with Gasteiger partial charge in [0.05, 0.1) is 5.69 Å². The van der Waals surface area contributed by atoms with E-state index in [1.54, 1.807) is 18.6 Å². The van der Waals surface area contributed by atoms with Crippen LogP contribution in [0.25, 0.3) is 5.70 Å². The van der Waals surface area contributed by atoms with E-state index < -0.39 is 0 Å². The Morgan fingerprint density at radius 1 is 1.36 bits per heavy atom. The molecule has 1 unspecified atom stereocenters. The van der Waals surface area contributed by atoms with Gasteiger partial charge < -0.3 is 15.5 Å². The number of aliphatic imine (C=N–C) groups is 1. The second-order valence-electron chi connectivity index (χ2n) is 5.75. The van der Waals surface area contributed by atoms with E-state index in [1.807, 2.05) is 18.2 Å². The number of pyridine rings is 1. The molecule has 3 heterocycles. The summed E-state index contributed by atoms with van der Waals surface area (Å²) in [6.07, 6.45) is 6.83. The molecule has 3 rings (SSSR count). The number of nitrogens with one attached hydrogen (secondary N) is 2. The summed E-state index contributed by atoms with van der Waals surface area (Å²) in [6, 6.07) is 5.70. The first-order valence-corrected chi connectivity index (χ1v) is 7.63. The molecular formula is C16H21N5O. The zero-order chi connectivity index (χ0) is 15.4. The summed E-state index contributed by atoms with van der Waals surface area (Å²) in [6.45, 7) is 1.96. The Balaban J connectivity index is 1.53. The smallest absolute Gasteiger partial charge is 0.225 e. The first kappa shape index (κ1) is 14.7. The average molecular weight is 299 g/mol. The van der Waals surface area contributed by atoms with Gasteiger partial charge in [-0.25, -0.2) is 0 Å². The van der Waals surface area contributed by atoms with Gasteiger partial charge in [-0.1, -0.05) is 6.07 Å². The van der Waals surface area contributed by atoms with Crippen molar-refractivity contribution in [2.45, 2.75) is 19.0 Å². The molecule has 0 aliphatic carbocycles. The molecule has 0 aromatic carbocycles. The lowest BCUT2D eigenvalue weighted by Crippen LogP contribution is -2.49. The normalized spacial score (nSPS) is 22.8. The minimum absolute atomic E-state index is 0.103. The minimum atomic E-state index is -0.250. The zero-order valence-electron chi connectivity index (χ0n) is 12.7. The molecular weight excluding hydrogens is 278 g/mol. The summed E-state index contributed by atoms with van der Waals surface area (Å²) in [4.78, 5) is 23.2. The van der Waals surface area contributed by atoms with Crippen LogP contribution in [0.1, 0.15) is 18.5 Å².